The topological polar surface area (TPSA) is 53.5 Å². The molecule has 0 spiro atoms. The molecule has 0 saturated heterocycles. The third-order valence-corrected chi connectivity index (χ3v) is 3.51. The molecule has 1 aliphatic heterocycles. The molecule has 16 heavy (non-hydrogen) atoms. The molecule has 0 aromatic heterocycles. The van der Waals surface area contributed by atoms with E-state index in [0.717, 1.165) is 24.6 Å². The minimum atomic E-state index is 0.0927. The molecule has 1 aliphatic carbocycles. The molecule has 1 unspecified atom stereocenters. The van der Waals surface area contributed by atoms with Gasteiger partial charge in [0.25, 0.3) is 0 Å². The number of amides is 1. The summed E-state index contributed by atoms with van der Waals surface area (Å²) in [6.07, 6.45) is 7.68. The van der Waals surface area contributed by atoms with Crippen LogP contribution in [0.1, 0.15) is 51.9 Å². The van der Waals surface area contributed by atoms with Gasteiger partial charge < -0.3 is 10.7 Å². The van der Waals surface area contributed by atoms with Crippen molar-refractivity contribution in [3.8, 4) is 0 Å². The Morgan fingerprint density at radius 2 is 2.25 bits per heavy atom. The Balaban J connectivity index is 1.75. The Kier molecular flexibility index (Phi) is 3.80. The Morgan fingerprint density at radius 3 is 2.94 bits per heavy atom. The average Bonchev–Trinajstić information content (AvgIpc) is 2.86. The first-order chi connectivity index (χ1) is 7.79. The number of carbonyl (C=O) groups excluding carboxylic acids is 1. The van der Waals surface area contributed by atoms with E-state index in [1.165, 1.54) is 25.7 Å². The molecule has 1 amide bonds. The van der Waals surface area contributed by atoms with E-state index < -0.39 is 0 Å². The van der Waals surface area contributed by atoms with Crippen LogP contribution >= 0.6 is 0 Å². The molecule has 1 atom stereocenters. The molecular weight excluding hydrogens is 202 g/mol. The van der Waals surface area contributed by atoms with E-state index in [4.69, 9.17) is 0 Å². The first-order valence-corrected chi connectivity index (χ1v) is 6.41. The zero-order chi connectivity index (χ0) is 11.4. The van der Waals surface area contributed by atoms with Crippen molar-refractivity contribution < 1.29 is 4.79 Å². The molecule has 1 fully saturated rings. The van der Waals surface area contributed by atoms with Crippen molar-refractivity contribution in [2.24, 2.45) is 11.0 Å². The van der Waals surface area contributed by atoms with Gasteiger partial charge in [-0.3, -0.25) is 4.79 Å². The molecule has 0 radical (unpaired) electrons. The fourth-order valence-corrected chi connectivity index (χ4v) is 2.62. The van der Waals surface area contributed by atoms with Crippen LogP contribution in [0.5, 0.6) is 0 Å². The van der Waals surface area contributed by atoms with Crippen LogP contribution in [0.4, 0.5) is 0 Å². The summed E-state index contributed by atoms with van der Waals surface area (Å²) >= 11 is 0. The number of rotatable bonds is 3. The van der Waals surface area contributed by atoms with E-state index in [-0.39, 0.29) is 5.91 Å². The lowest BCUT2D eigenvalue weighted by Gasteiger charge is -2.16. The highest BCUT2D eigenvalue weighted by atomic mass is 16.1. The van der Waals surface area contributed by atoms with Gasteiger partial charge in [0.05, 0.1) is 6.04 Å². The summed E-state index contributed by atoms with van der Waals surface area (Å²) in [5.41, 5.74) is 3.17. The van der Waals surface area contributed by atoms with Crippen LogP contribution < -0.4 is 10.7 Å². The van der Waals surface area contributed by atoms with Gasteiger partial charge in [-0.2, -0.15) is 5.10 Å². The lowest BCUT2D eigenvalue weighted by molar-refractivity contribution is -0.119. The number of hydrogen-bond donors (Lipinski definition) is 2. The monoisotopic (exact) mass is 223 g/mol. The van der Waals surface area contributed by atoms with Gasteiger partial charge in [0.15, 0.2) is 0 Å². The second-order valence-corrected chi connectivity index (χ2v) is 4.84. The summed E-state index contributed by atoms with van der Waals surface area (Å²) in [6, 6.07) is 0.458. The third kappa shape index (κ3) is 2.74. The molecule has 0 aromatic carbocycles. The molecule has 2 aliphatic rings. The molecular formula is C12H21N3O. The van der Waals surface area contributed by atoms with E-state index in [1.54, 1.807) is 0 Å². The summed E-state index contributed by atoms with van der Waals surface area (Å²) in [4.78, 5) is 11.4. The van der Waals surface area contributed by atoms with Gasteiger partial charge in [-0.05, 0) is 25.2 Å². The highest BCUT2D eigenvalue weighted by Crippen LogP contribution is 2.30. The molecule has 1 heterocycles. The largest absolute Gasteiger partial charge is 0.313 e. The SMILES string of the molecule is CCCC(=O)NC1=NNC(C2CCCC2)C1. The predicted molar refractivity (Wildman–Crippen MR) is 64.0 cm³/mol. The fraction of sp³-hybridized carbons (Fsp3) is 0.833. The first-order valence-electron chi connectivity index (χ1n) is 6.41. The van der Waals surface area contributed by atoms with Crippen LogP contribution in [-0.4, -0.2) is 17.8 Å². The van der Waals surface area contributed by atoms with Crippen LogP contribution in [0.2, 0.25) is 0 Å². The highest BCUT2D eigenvalue weighted by Gasteiger charge is 2.29. The minimum Gasteiger partial charge on any atom is -0.313 e. The van der Waals surface area contributed by atoms with E-state index in [9.17, 15) is 4.79 Å². The lowest BCUT2D eigenvalue weighted by atomic mass is 9.96. The van der Waals surface area contributed by atoms with E-state index in [0.29, 0.717) is 12.5 Å². The van der Waals surface area contributed by atoms with Gasteiger partial charge in [0, 0.05) is 12.8 Å². The molecule has 0 bridgehead atoms. The summed E-state index contributed by atoms with van der Waals surface area (Å²) < 4.78 is 0. The fourth-order valence-electron chi connectivity index (χ4n) is 2.62. The van der Waals surface area contributed by atoms with Gasteiger partial charge >= 0.3 is 0 Å². The number of hydrazone groups is 1. The Hall–Kier alpha value is -1.06. The van der Waals surface area contributed by atoms with Crippen molar-refractivity contribution >= 4 is 11.7 Å². The zero-order valence-corrected chi connectivity index (χ0v) is 9.96. The second-order valence-electron chi connectivity index (χ2n) is 4.84. The van der Waals surface area contributed by atoms with E-state index in [2.05, 4.69) is 15.8 Å². The van der Waals surface area contributed by atoms with Crippen LogP contribution in [0.3, 0.4) is 0 Å². The van der Waals surface area contributed by atoms with Gasteiger partial charge in [0.1, 0.15) is 5.84 Å². The minimum absolute atomic E-state index is 0.0927. The molecule has 4 heteroatoms. The molecule has 2 N–H and O–H groups in total. The van der Waals surface area contributed by atoms with Crippen molar-refractivity contribution in [1.29, 1.82) is 0 Å². The predicted octanol–water partition coefficient (Wildman–Crippen LogP) is 1.77. The maximum atomic E-state index is 11.4. The molecule has 0 aromatic rings. The van der Waals surface area contributed by atoms with Gasteiger partial charge in [-0.25, -0.2) is 0 Å². The summed E-state index contributed by atoms with van der Waals surface area (Å²) in [5, 5.41) is 7.10. The number of amidine groups is 1. The molecule has 4 nitrogen and oxygen atoms in total. The standard InChI is InChI=1S/C12H21N3O/c1-2-5-12(16)13-11-8-10(14-15-11)9-6-3-4-7-9/h9-10,14H,2-8H2,1H3,(H,13,15,16). The molecule has 1 saturated carbocycles. The van der Waals surface area contributed by atoms with Crippen molar-refractivity contribution in [2.45, 2.75) is 57.9 Å². The van der Waals surface area contributed by atoms with Crippen molar-refractivity contribution in [2.75, 3.05) is 0 Å². The van der Waals surface area contributed by atoms with Crippen LogP contribution in [0.25, 0.3) is 0 Å². The normalized spacial score (nSPS) is 25.3. The number of nitrogens with zero attached hydrogens (tertiary/aromatic N) is 1. The molecule has 90 valence electrons. The first kappa shape index (κ1) is 11.4. The number of carbonyl (C=O) groups is 1. The Bertz CT molecular complexity index is 282. The second kappa shape index (κ2) is 5.32. The maximum absolute atomic E-state index is 11.4. The quantitative estimate of drug-likeness (QED) is 0.766. The zero-order valence-electron chi connectivity index (χ0n) is 9.96. The molecule has 2 rings (SSSR count). The summed E-state index contributed by atoms with van der Waals surface area (Å²) in [7, 11) is 0. The Labute approximate surface area is 96.9 Å². The lowest BCUT2D eigenvalue weighted by Crippen LogP contribution is -2.32. The maximum Gasteiger partial charge on any atom is 0.225 e. The summed E-state index contributed by atoms with van der Waals surface area (Å²) in [6.45, 7) is 2.01. The highest BCUT2D eigenvalue weighted by molar-refractivity contribution is 5.98. The average molecular weight is 223 g/mol. The van der Waals surface area contributed by atoms with Gasteiger partial charge in [0.2, 0.25) is 5.91 Å². The summed E-state index contributed by atoms with van der Waals surface area (Å²) in [5.74, 6) is 1.68. The van der Waals surface area contributed by atoms with Crippen LogP contribution in [0, 0.1) is 5.92 Å². The van der Waals surface area contributed by atoms with Gasteiger partial charge in [-0.15, -0.1) is 0 Å². The van der Waals surface area contributed by atoms with Crippen LogP contribution in [-0.2, 0) is 4.79 Å². The van der Waals surface area contributed by atoms with Crippen LogP contribution in [0.15, 0.2) is 5.10 Å². The number of nitrogens with one attached hydrogen (secondary N) is 2. The van der Waals surface area contributed by atoms with Crippen molar-refractivity contribution in [3.63, 3.8) is 0 Å². The van der Waals surface area contributed by atoms with E-state index >= 15 is 0 Å². The van der Waals surface area contributed by atoms with Gasteiger partial charge in [-0.1, -0.05) is 19.8 Å². The van der Waals surface area contributed by atoms with Crippen molar-refractivity contribution in [1.82, 2.24) is 10.7 Å². The Morgan fingerprint density at radius 1 is 1.50 bits per heavy atom. The number of hydrogen-bond acceptors (Lipinski definition) is 3. The smallest absolute Gasteiger partial charge is 0.225 e. The third-order valence-electron chi connectivity index (χ3n) is 3.51. The van der Waals surface area contributed by atoms with Crippen molar-refractivity contribution in [3.05, 3.63) is 0 Å². The van der Waals surface area contributed by atoms with E-state index in [1.807, 2.05) is 6.92 Å².